The van der Waals surface area contributed by atoms with Crippen LogP contribution in [0.25, 0.3) is 0 Å². The number of hydrogen-bond acceptors (Lipinski definition) is 3. The number of likely N-dealkylation sites (tertiary alicyclic amines) is 1. The molecule has 4 atom stereocenters. The number of hydrogen-bond donors (Lipinski definition) is 1. The van der Waals surface area contributed by atoms with Gasteiger partial charge in [0.15, 0.2) is 0 Å². The van der Waals surface area contributed by atoms with Gasteiger partial charge in [0, 0.05) is 37.2 Å². The van der Waals surface area contributed by atoms with Gasteiger partial charge in [-0.15, -0.1) is 0 Å². The van der Waals surface area contributed by atoms with E-state index in [1.165, 1.54) is 44.3 Å². The first-order chi connectivity index (χ1) is 17.1. The lowest BCUT2D eigenvalue weighted by molar-refractivity contribution is -0.121. The number of aryl methyl sites for hydroxylation is 1. The lowest BCUT2D eigenvalue weighted by Crippen LogP contribution is -2.65. The fourth-order valence-electron chi connectivity index (χ4n) is 6.82. The standard InChI is InChI=1S/C30H39N3O2/c1-22-14-16-24(17-15-22)30(35)33-21-25-10-6-18-32-19-7-11-26(29(25)32)27(33)12-5-13-28(34)31-20-23-8-3-2-4-9-23/h2-4,8-9,14-17,25-27,29H,5-7,10-13,18-21H2,1H3,(H,31,34)/t25-,26+,27+,29-/m0/s1. The Morgan fingerprint density at radius 3 is 2.49 bits per heavy atom. The largest absolute Gasteiger partial charge is 0.352 e. The van der Waals surface area contributed by atoms with E-state index in [0.717, 1.165) is 30.5 Å². The number of amides is 2. The molecule has 35 heavy (non-hydrogen) atoms. The topological polar surface area (TPSA) is 52.7 Å². The SMILES string of the molecule is Cc1ccc(C(=O)N2C[C@@H]3CCCN4CCC[C@@H]([C@H]34)[C@H]2CCCC(=O)NCc2ccccc2)cc1. The maximum absolute atomic E-state index is 13.7. The Morgan fingerprint density at radius 1 is 0.971 bits per heavy atom. The summed E-state index contributed by atoms with van der Waals surface area (Å²) in [7, 11) is 0. The van der Waals surface area contributed by atoms with Crippen LogP contribution in [0.2, 0.25) is 0 Å². The average Bonchev–Trinajstić information content (AvgIpc) is 2.89. The molecule has 5 heteroatoms. The molecule has 0 unspecified atom stereocenters. The third-order valence-corrected chi connectivity index (χ3v) is 8.47. The highest BCUT2D eigenvalue weighted by atomic mass is 16.2. The highest BCUT2D eigenvalue weighted by Crippen LogP contribution is 2.43. The van der Waals surface area contributed by atoms with Gasteiger partial charge in [-0.25, -0.2) is 0 Å². The summed E-state index contributed by atoms with van der Waals surface area (Å²) < 4.78 is 0. The Morgan fingerprint density at radius 2 is 1.71 bits per heavy atom. The molecule has 0 aromatic heterocycles. The molecule has 0 saturated carbocycles. The summed E-state index contributed by atoms with van der Waals surface area (Å²) in [5.74, 6) is 1.37. The van der Waals surface area contributed by atoms with Crippen molar-refractivity contribution < 1.29 is 9.59 Å². The number of carbonyl (C=O) groups excluding carboxylic acids is 2. The van der Waals surface area contributed by atoms with Crippen molar-refractivity contribution in [3.8, 4) is 0 Å². The van der Waals surface area contributed by atoms with Gasteiger partial charge in [-0.1, -0.05) is 48.0 Å². The van der Waals surface area contributed by atoms with E-state index in [1.807, 2.05) is 54.6 Å². The zero-order valence-corrected chi connectivity index (χ0v) is 21.0. The Bertz CT molecular complexity index is 1000. The second-order valence-corrected chi connectivity index (χ2v) is 10.8. The molecule has 0 aliphatic carbocycles. The van der Waals surface area contributed by atoms with E-state index in [-0.39, 0.29) is 17.9 Å². The number of benzene rings is 2. The van der Waals surface area contributed by atoms with Crippen LogP contribution in [0.1, 0.15) is 66.4 Å². The Balaban J connectivity index is 1.27. The molecule has 0 bridgehead atoms. The molecule has 2 amide bonds. The highest BCUT2D eigenvalue weighted by Gasteiger charge is 2.49. The van der Waals surface area contributed by atoms with Crippen LogP contribution in [0.4, 0.5) is 0 Å². The third-order valence-electron chi connectivity index (χ3n) is 8.47. The van der Waals surface area contributed by atoms with Gasteiger partial charge >= 0.3 is 0 Å². The molecule has 186 valence electrons. The van der Waals surface area contributed by atoms with E-state index in [4.69, 9.17) is 0 Å². The summed E-state index contributed by atoms with van der Waals surface area (Å²) in [6.07, 6.45) is 7.11. The van der Waals surface area contributed by atoms with E-state index in [2.05, 4.69) is 22.0 Å². The maximum Gasteiger partial charge on any atom is 0.254 e. The molecule has 5 rings (SSSR count). The van der Waals surface area contributed by atoms with Gasteiger partial charge in [0.25, 0.3) is 5.91 Å². The van der Waals surface area contributed by atoms with Gasteiger partial charge in [-0.2, -0.15) is 0 Å². The van der Waals surface area contributed by atoms with Gasteiger partial charge in [0.05, 0.1) is 0 Å². The van der Waals surface area contributed by atoms with E-state index in [0.29, 0.717) is 30.8 Å². The number of rotatable bonds is 7. The maximum atomic E-state index is 13.7. The predicted molar refractivity (Wildman–Crippen MR) is 139 cm³/mol. The number of nitrogens with zero attached hydrogens (tertiary/aromatic N) is 2. The molecule has 3 saturated heterocycles. The fraction of sp³-hybridized carbons (Fsp3) is 0.533. The van der Waals surface area contributed by atoms with Crippen molar-refractivity contribution in [2.75, 3.05) is 19.6 Å². The minimum atomic E-state index is 0.0990. The van der Waals surface area contributed by atoms with Crippen LogP contribution < -0.4 is 5.32 Å². The molecule has 1 N–H and O–H groups in total. The van der Waals surface area contributed by atoms with Gasteiger partial charge in [0.1, 0.15) is 0 Å². The summed E-state index contributed by atoms with van der Waals surface area (Å²) in [6, 6.07) is 18.9. The number of carbonyl (C=O) groups is 2. The quantitative estimate of drug-likeness (QED) is 0.629. The van der Waals surface area contributed by atoms with Crippen molar-refractivity contribution in [2.45, 2.75) is 70.5 Å². The van der Waals surface area contributed by atoms with Crippen LogP contribution in [0.15, 0.2) is 54.6 Å². The van der Waals surface area contributed by atoms with E-state index in [9.17, 15) is 9.59 Å². The first-order valence-electron chi connectivity index (χ1n) is 13.5. The predicted octanol–water partition coefficient (Wildman–Crippen LogP) is 4.80. The summed E-state index contributed by atoms with van der Waals surface area (Å²) in [5, 5.41) is 3.06. The van der Waals surface area contributed by atoms with E-state index < -0.39 is 0 Å². The number of nitrogens with one attached hydrogen (secondary N) is 1. The van der Waals surface area contributed by atoms with Crippen molar-refractivity contribution in [1.29, 1.82) is 0 Å². The number of piperidine rings is 3. The molecule has 0 radical (unpaired) electrons. The van der Waals surface area contributed by atoms with Crippen molar-refractivity contribution >= 4 is 11.8 Å². The van der Waals surface area contributed by atoms with Crippen LogP contribution in [0, 0.1) is 18.8 Å². The first-order valence-corrected chi connectivity index (χ1v) is 13.5. The normalized spacial score (nSPS) is 26.1. The Labute approximate surface area is 209 Å². The van der Waals surface area contributed by atoms with E-state index >= 15 is 0 Å². The molecular formula is C30H39N3O2. The third kappa shape index (κ3) is 5.45. The van der Waals surface area contributed by atoms with Crippen LogP contribution in [0.5, 0.6) is 0 Å². The summed E-state index contributed by atoms with van der Waals surface area (Å²) in [6.45, 7) is 5.90. The Kier molecular flexibility index (Phi) is 7.52. The van der Waals surface area contributed by atoms with Crippen LogP contribution in [0.3, 0.4) is 0 Å². The minimum absolute atomic E-state index is 0.0990. The molecule has 5 nitrogen and oxygen atoms in total. The smallest absolute Gasteiger partial charge is 0.254 e. The summed E-state index contributed by atoms with van der Waals surface area (Å²) in [4.78, 5) is 31.2. The highest BCUT2D eigenvalue weighted by molar-refractivity contribution is 5.94. The van der Waals surface area contributed by atoms with Gasteiger partial charge in [-0.05, 0) is 88.1 Å². The zero-order valence-electron chi connectivity index (χ0n) is 21.0. The molecule has 0 spiro atoms. The lowest BCUT2D eigenvalue weighted by Gasteiger charge is -2.57. The average molecular weight is 474 g/mol. The van der Waals surface area contributed by atoms with E-state index in [1.54, 1.807) is 0 Å². The van der Waals surface area contributed by atoms with Crippen LogP contribution >= 0.6 is 0 Å². The summed E-state index contributed by atoms with van der Waals surface area (Å²) in [5.41, 5.74) is 3.09. The first kappa shape index (κ1) is 24.1. The second-order valence-electron chi connectivity index (χ2n) is 10.8. The van der Waals surface area contributed by atoms with Crippen molar-refractivity contribution in [3.63, 3.8) is 0 Å². The van der Waals surface area contributed by atoms with Crippen molar-refractivity contribution in [2.24, 2.45) is 11.8 Å². The molecule has 3 aliphatic rings. The fourth-order valence-corrected chi connectivity index (χ4v) is 6.82. The van der Waals surface area contributed by atoms with Gasteiger partial charge in [0.2, 0.25) is 5.91 Å². The summed E-state index contributed by atoms with van der Waals surface area (Å²) >= 11 is 0. The van der Waals surface area contributed by atoms with Crippen LogP contribution in [-0.2, 0) is 11.3 Å². The van der Waals surface area contributed by atoms with Crippen molar-refractivity contribution in [3.05, 3.63) is 71.3 Å². The van der Waals surface area contributed by atoms with Gasteiger partial charge < -0.3 is 10.2 Å². The monoisotopic (exact) mass is 473 g/mol. The zero-order chi connectivity index (χ0) is 24.2. The minimum Gasteiger partial charge on any atom is -0.352 e. The van der Waals surface area contributed by atoms with Gasteiger partial charge in [-0.3, -0.25) is 14.5 Å². The van der Waals surface area contributed by atoms with Crippen molar-refractivity contribution in [1.82, 2.24) is 15.1 Å². The molecule has 2 aromatic carbocycles. The lowest BCUT2D eigenvalue weighted by atomic mass is 9.69. The molecule has 3 fully saturated rings. The molecule has 3 heterocycles. The molecule has 3 aliphatic heterocycles. The molecule has 2 aromatic rings. The molecular weight excluding hydrogens is 434 g/mol. The Hall–Kier alpha value is -2.66. The van der Waals surface area contributed by atoms with Crippen LogP contribution in [-0.4, -0.2) is 53.3 Å². The second kappa shape index (κ2) is 10.9.